The fourth-order valence-corrected chi connectivity index (χ4v) is 1.73. The van der Waals surface area contributed by atoms with Gasteiger partial charge in [0, 0.05) is 6.04 Å². The molecule has 1 atom stereocenters. The predicted octanol–water partition coefficient (Wildman–Crippen LogP) is 3.26. The van der Waals surface area contributed by atoms with Crippen molar-refractivity contribution in [2.75, 3.05) is 6.79 Å². The van der Waals surface area contributed by atoms with Gasteiger partial charge in [-0.15, -0.1) is 0 Å². The van der Waals surface area contributed by atoms with E-state index in [9.17, 15) is 0 Å². The minimum Gasteiger partial charge on any atom is -0.468 e. The molecule has 0 fully saturated rings. The first-order chi connectivity index (χ1) is 9.25. The van der Waals surface area contributed by atoms with Crippen LogP contribution in [0.3, 0.4) is 0 Å². The van der Waals surface area contributed by atoms with Gasteiger partial charge < -0.3 is 15.2 Å². The quantitative estimate of drug-likeness (QED) is 0.638. The van der Waals surface area contributed by atoms with Gasteiger partial charge in [-0.25, -0.2) is 0 Å². The number of rotatable bonds is 6. The van der Waals surface area contributed by atoms with Crippen LogP contribution in [0.4, 0.5) is 0 Å². The zero-order valence-corrected chi connectivity index (χ0v) is 11.1. The van der Waals surface area contributed by atoms with E-state index < -0.39 is 0 Å². The molecule has 2 N–H and O–H groups in total. The molecule has 2 aromatic rings. The van der Waals surface area contributed by atoms with Gasteiger partial charge in [0.15, 0.2) is 6.79 Å². The molecule has 0 bridgehead atoms. The highest BCUT2D eigenvalue weighted by Gasteiger charge is 2.01. The summed E-state index contributed by atoms with van der Waals surface area (Å²) in [6, 6.07) is 17.8. The summed E-state index contributed by atoms with van der Waals surface area (Å²) in [4.78, 5) is 0. The van der Waals surface area contributed by atoms with Crippen LogP contribution in [0.1, 0.15) is 24.1 Å². The molecule has 19 heavy (non-hydrogen) atoms. The zero-order chi connectivity index (χ0) is 13.5. The SMILES string of the molecule is CC(N)c1cccc(OCOCc2ccccc2)c1. The van der Waals surface area contributed by atoms with Crippen LogP contribution in [0, 0.1) is 0 Å². The third-order valence-electron chi connectivity index (χ3n) is 2.80. The molecule has 0 saturated carbocycles. The van der Waals surface area contributed by atoms with Crippen LogP contribution < -0.4 is 10.5 Å². The molecule has 0 spiro atoms. The number of hydrogen-bond donors (Lipinski definition) is 1. The first-order valence-corrected chi connectivity index (χ1v) is 6.36. The molecule has 0 aliphatic heterocycles. The monoisotopic (exact) mass is 257 g/mol. The van der Waals surface area contributed by atoms with Crippen molar-refractivity contribution in [1.29, 1.82) is 0 Å². The zero-order valence-electron chi connectivity index (χ0n) is 11.1. The lowest BCUT2D eigenvalue weighted by molar-refractivity contribution is 0.00500. The van der Waals surface area contributed by atoms with Crippen LogP contribution in [-0.4, -0.2) is 6.79 Å². The van der Waals surface area contributed by atoms with Gasteiger partial charge in [0.05, 0.1) is 6.61 Å². The van der Waals surface area contributed by atoms with Gasteiger partial charge in [-0.3, -0.25) is 0 Å². The van der Waals surface area contributed by atoms with Crippen LogP contribution >= 0.6 is 0 Å². The molecule has 0 radical (unpaired) electrons. The van der Waals surface area contributed by atoms with E-state index in [-0.39, 0.29) is 12.8 Å². The van der Waals surface area contributed by atoms with Gasteiger partial charge >= 0.3 is 0 Å². The summed E-state index contributed by atoms with van der Waals surface area (Å²) in [5.41, 5.74) is 8.02. The van der Waals surface area contributed by atoms with E-state index in [1.165, 1.54) is 0 Å². The Hall–Kier alpha value is -1.84. The molecule has 0 aliphatic rings. The van der Waals surface area contributed by atoms with Gasteiger partial charge in [0.1, 0.15) is 5.75 Å². The largest absolute Gasteiger partial charge is 0.468 e. The van der Waals surface area contributed by atoms with Crippen LogP contribution in [0.2, 0.25) is 0 Å². The average molecular weight is 257 g/mol. The van der Waals surface area contributed by atoms with Crippen LogP contribution in [0.15, 0.2) is 54.6 Å². The highest BCUT2D eigenvalue weighted by Crippen LogP contribution is 2.17. The Bertz CT molecular complexity index is 497. The van der Waals surface area contributed by atoms with Crippen LogP contribution in [0.25, 0.3) is 0 Å². The maximum Gasteiger partial charge on any atom is 0.189 e. The van der Waals surface area contributed by atoms with Crippen molar-refractivity contribution >= 4 is 0 Å². The van der Waals surface area contributed by atoms with Crippen LogP contribution in [-0.2, 0) is 11.3 Å². The molecule has 1 unspecified atom stereocenters. The second-order valence-corrected chi connectivity index (χ2v) is 4.46. The maximum absolute atomic E-state index is 5.83. The smallest absolute Gasteiger partial charge is 0.189 e. The van der Waals surface area contributed by atoms with E-state index in [0.717, 1.165) is 16.9 Å². The average Bonchev–Trinajstić information content (AvgIpc) is 2.45. The third kappa shape index (κ3) is 4.39. The topological polar surface area (TPSA) is 44.5 Å². The van der Waals surface area contributed by atoms with Crippen LogP contribution in [0.5, 0.6) is 5.75 Å². The Labute approximate surface area is 114 Å². The van der Waals surface area contributed by atoms with E-state index in [1.807, 2.05) is 61.5 Å². The van der Waals surface area contributed by atoms with Crippen molar-refractivity contribution in [2.24, 2.45) is 5.73 Å². The van der Waals surface area contributed by atoms with Crippen molar-refractivity contribution in [1.82, 2.24) is 0 Å². The highest BCUT2D eigenvalue weighted by molar-refractivity contribution is 5.30. The van der Waals surface area contributed by atoms with E-state index >= 15 is 0 Å². The van der Waals surface area contributed by atoms with E-state index in [1.54, 1.807) is 0 Å². The lowest BCUT2D eigenvalue weighted by atomic mass is 10.1. The molecule has 0 amide bonds. The minimum absolute atomic E-state index is 0.00814. The summed E-state index contributed by atoms with van der Waals surface area (Å²) in [7, 11) is 0. The molecular weight excluding hydrogens is 238 g/mol. The maximum atomic E-state index is 5.83. The van der Waals surface area contributed by atoms with E-state index in [2.05, 4.69) is 0 Å². The molecule has 0 saturated heterocycles. The second kappa shape index (κ2) is 6.92. The Morgan fingerprint density at radius 3 is 2.58 bits per heavy atom. The number of benzene rings is 2. The van der Waals surface area contributed by atoms with Crippen molar-refractivity contribution < 1.29 is 9.47 Å². The summed E-state index contributed by atoms with van der Waals surface area (Å²) >= 11 is 0. The molecular formula is C16H19NO2. The normalized spacial score (nSPS) is 12.1. The lowest BCUT2D eigenvalue weighted by Crippen LogP contribution is -2.06. The standard InChI is InChI=1S/C16H19NO2/c1-13(17)15-8-5-9-16(10-15)19-12-18-11-14-6-3-2-4-7-14/h2-10,13H,11-12,17H2,1H3. The predicted molar refractivity (Wildman–Crippen MR) is 75.8 cm³/mol. The van der Waals surface area contributed by atoms with E-state index in [4.69, 9.17) is 15.2 Å². The Morgan fingerprint density at radius 1 is 1.05 bits per heavy atom. The second-order valence-electron chi connectivity index (χ2n) is 4.46. The molecule has 2 rings (SSSR count). The van der Waals surface area contributed by atoms with Crippen molar-refractivity contribution in [3.05, 3.63) is 65.7 Å². The van der Waals surface area contributed by atoms with Gasteiger partial charge in [-0.2, -0.15) is 0 Å². The number of ether oxygens (including phenoxy) is 2. The molecule has 0 aliphatic carbocycles. The van der Waals surface area contributed by atoms with Gasteiger partial charge in [-0.05, 0) is 30.2 Å². The molecule has 2 aromatic carbocycles. The first kappa shape index (κ1) is 13.6. The Kier molecular flexibility index (Phi) is 4.95. The Morgan fingerprint density at radius 2 is 1.84 bits per heavy atom. The minimum atomic E-state index is 0.00814. The third-order valence-corrected chi connectivity index (χ3v) is 2.80. The fraction of sp³-hybridized carbons (Fsp3) is 0.250. The van der Waals surface area contributed by atoms with Crippen molar-refractivity contribution in [2.45, 2.75) is 19.6 Å². The van der Waals surface area contributed by atoms with Gasteiger partial charge in [-0.1, -0.05) is 42.5 Å². The van der Waals surface area contributed by atoms with Crippen molar-refractivity contribution in [3.63, 3.8) is 0 Å². The lowest BCUT2D eigenvalue weighted by Gasteiger charge is -2.10. The Balaban J connectivity index is 1.78. The summed E-state index contributed by atoms with van der Waals surface area (Å²) in [6.45, 7) is 2.73. The van der Waals surface area contributed by atoms with Crippen molar-refractivity contribution in [3.8, 4) is 5.75 Å². The summed E-state index contributed by atoms with van der Waals surface area (Å²) in [5, 5.41) is 0. The molecule has 0 heterocycles. The summed E-state index contributed by atoms with van der Waals surface area (Å²) in [6.07, 6.45) is 0. The number of nitrogens with two attached hydrogens (primary N) is 1. The molecule has 3 nitrogen and oxygen atoms in total. The molecule has 3 heteroatoms. The van der Waals surface area contributed by atoms with E-state index in [0.29, 0.717) is 6.61 Å². The molecule has 0 aromatic heterocycles. The van der Waals surface area contributed by atoms with Gasteiger partial charge in [0.25, 0.3) is 0 Å². The summed E-state index contributed by atoms with van der Waals surface area (Å²) in [5.74, 6) is 0.780. The molecule has 100 valence electrons. The first-order valence-electron chi connectivity index (χ1n) is 6.36. The fourth-order valence-electron chi connectivity index (χ4n) is 1.73. The summed E-state index contributed by atoms with van der Waals surface area (Å²) < 4.78 is 11.0. The number of hydrogen-bond acceptors (Lipinski definition) is 3. The van der Waals surface area contributed by atoms with Gasteiger partial charge in [0.2, 0.25) is 0 Å². The highest BCUT2D eigenvalue weighted by atomic mass is 16.7.